The second-order valence-electron chi connectivity index (χ2n) is 5.81. The van der Waals surface area contributed by atoms with Crippen LogP contribution in [-0.4, -0.2) is 9.55 Å². The van der Waals surface area contributed by atoms with E-state index < -0.39 is 0 Å². The molecule has 3 heteroatoms. The second-order valence-corrected chi connectivity index (χ2v) is 6.25. The molecule has 0 unspecified atom stereocenters. The van der Waals surface area contributed by atoms with Crippen LogP contribution in [0.2, 0.25) is 5.02 Å². The van der Waals surface area contributed by atoms with Gasteiger partial charge in [0.2, 0.25) is 0 Å². The summed E-state index contributed by atoms with van der Waals surface area (Å²) >= 11 is 6.26. The fraction of sp³-hybridized carbons (Fsp3) is 0.100. The van der Waals surface area contributed by atoms with E-state index in [-0.39, 0.29) is 0 Å². The van der Waals surface area contributed by atoms with Crippen LogP contribution in [-0.2, 0) is 6.42 Å². The molecule has 0 spiro atoms. The van der Waals surface area contributed by atoms with E-state index in [0.29, 0.717) is 0 Å². The molecular weight excluding hydrogens is 304 g/mol. The number of H-pyrrole nitrogens is 1. The summed E-state index contributed by atoms with van der Waals surface area (Å²) in [6, 6.07) is 18.6. The Hall–Kier alpha value is -2.45. The highest BCUT2D eigenvalue weighted by molar-refractivity contribution is 6.30. The van der Waals surface area contributed by atoms with E-state index in [9.17, 15) is 0 Å². The molecule has 0 radical (unpaired) electrons. The Labute approximate surface area is 140 Å². The Morgan fingerprint density at radius 1 is 1.00 bits per heavy atom. The Balaban J connectivity index is 1.85. The number of fused-ring (bicyclic) bond motifs is 1. The summed E-state index contributed by atoms with van der Waals surface area (Å²) in [6.45, 7) is 2.13. The van der Waals surface area contributed by atoms with Gasteiger partial charge in [-0.1, -0.05) is 29.8 Å². The van der Waals surface area contributed by atoms with E-state index in [1.807, 2.05) is 18.2 Å². The third-order valence-electron chi connectivity index (χ3n) is 4.32. The molecule has 2 heterocycles. The Morgan fingerprint density at radius 2 is 1.78 bits per heavy atom. The zero-order valence-electron chi connectivity index (χ0n) is 12.9. The molecule has 0 fully saturated rings. The maximum atomic E-state index is 6.26. The van der Waals surface area contributed by atoms with Gasteiger partial charge < -0.3 is 9.55 Å². The molecule has 0 atom stereocenters. The summed E-state index contributed by atoms with van der Waals surface area (Å²) in [7, 11) is 0. The lowest BCUT2D eigenvalue weighted by Gasteiger charge is -2.12. The molecule has 0 aliphatic heterocycles. The highest BCUT2D eigenvalue weighted by Crippen LogP contribution is 2.28. The lowest BCUT2D eigenvalue weighted by atomic mass is 10.0. The molecule has 0 aliphatic rings. The minimum absolute atomic E-state index is 0.772. The number of halogens is 1. The summed E-state index contributed by atoms with van der Waals surface area (Å²) < 4.78 is 2.13. The zero-order valence-corrected chi connectivity index (χ0v) is 13.6. The van der Waals surface area contributed by atoms with Gasteiger partial charge in [0.1, 0.15) is 0 Å². The van der Waals surface area contributed by atoms with Crippen LogP contribution < -0.4 is 0 Å². The lowest BCUT2D eigenvalue weighted by molar-refractivity contribution is 1.03. The molecule has 23 heavy (non-hydrogen) atoms. The summed E-state index contributed by atoms with van der Waals surface area (Å²) in [5.74, 6) is 0. The van der Waals surface area contributed by atoms with Gasteiger partial charge in [-0.05, 0) is 54.4 Å². The number of hydrogen-bond acceptors (Lipinski definition) is 0. The van der Waals surface area contributed by atoms with E-state index in [2.05, 4.69) is 65.3 Å². The van der Waals surface area contributed by atoms with E-state index in [4.69, 9.17) is 11.6 Å². The van der Waals surface area contributed by atoms with Gasteiger partial charge in [0, 0.05) is 46.1 Å². The predicted octanol–water partition coefficient (Wildman–Crippen LogP) is 5.51. The number of benzene rings is 2. The fourth-order valence-electron chi connectivity index (χ4n) is 3.20. The number of rotatable bonds is 3. The van der Waals surface area contributed by atoms with Gasteiger partial charge in [0.25, 0.3) is 0 Å². The smallest absolute Gasteiger partial charge is 0.0485 e. The van der Waals surface area contributed by atoms with E-state index in [1.165, 1.54) is 33.4 Å². The first-order valence-electron chi connectivity index (χ1n) is 7.70. The molecular formula is C20H17ClN2. The number of hydrogen-bond donors (Lipinski definition) is 1. The zero-order chi connectivity index (χ0) is 15.8. The maximum absolute atomic E-state index is 6.26. The molecule has 0 saturated carbocycles. The summed E-state index contributed by atoms with van der Waals surface area (Å²) in [5.41, 5.74) is 6.12. The first kappa shape index (κ1) is 14.2. The summed E-state index contributed by atoms with van der Waals surface area (Å²) in [4.78, 5) is 3.48. The topological polar surface area (TPSA) is 20.7 Å². The highest BCUT2D eigenvalue weighted by atomic mass is 35.5. The van der Waals surface area contributed by atoms with Crippen molar-refractivity contribution in [2.24, 2.45) is 0 Å². The van der Waals surface area contributed by atoms with Gasteiger partial charge in [-0.2, -0.15) is 0 Å². The lowest BCUT2D eigenvalue weighted by Crippen LogP contribution is -1.99. The van der Waals surface area contributed by atoms with Crippen molar-refractivity contribution < 1.29 is 0 Å². The number of nitrogens with one attached hydrogen (secondary N) is 1. The van der Waals surface area contributed by atoms with Gasteiger partial charge in [-0.3, -0.25) is 0 Å². The highest BCUT2D eigenvalue weighted by Gasteiger charge is 2.12. The minimum atomic E-state index is 0.772. The first-order valence-corrected chi connectivity index (χ1v) is 8.08. The molecule has 114 valence electrons. The van der Waals surface area contributed by atoms with E-state index in [0.717, 1.165) is 11.4 Å². The third kappa shape index (κ3) is 2.55. The number of aryl methyl sites for hydroxylation is 1. The molecule has 2 aromatic carbocycles. The second kappa shape index (κ2) is 5.64. The maximum Gasteiger partial charge on any atom is 0.0485 e. The number of para-hydroxylation sites is 1. The van der Waals surface area contributed by atoms with Crippen molar-refractivity contribution in [1.29, 1.82) is 0 Å². The largest absolute Gasteiger partial charge is 0.358 e. The van der Waals surface area contributed by atoms with Crippen LogP contribution in [0.25, 0.3) is 16.6 Å². The average Bonchev–Trinajstić information content (AvgIpc) is 3.17. The van der Waals surface area contributed by atoms with Crippen LogP contribution in [0.15, 0.2) is 67.0 Å². The van der Waals surface area contributed by atoms with E-state index >= 15 is 0 Å². The average molecular weight is 321 g/mol. The van der Waals surface area contributed by atoms with Crippen molar-refractivity contribution >= 4 is 22.5 Å². The van der Waals surface area contributed by atoms with Gasteiger partial charge in [0.15, 0.2) is 0 Å². The molecule has 1 N–H and O–H groups in total. The number of aromatic amines is 1. The molecule has 0 amide bonds. The summed E-state index contributed by atoms with van der Waals surface area (Å²) in [5, 5.41) is 2.05. The minimum Gasteiger partial charge on any atom is -0.358 e. The molecule has 2 aromatic heterocycles. The van der Waals surface area contributed by atoms with Crippen molar-refractivity contribution in [3.05, 3.63) is 88.8 Å². The Kier molecular flexibility index (Phi) is 3.47. The quantitative estimate of drug-likeness (QED) is 0.513. The van der Waals surface area contributed by atoms with Crippen LogP contribution in [0.4, 0.5) is 0 Å². The predicted molar refractivity (Wildman–Crippen MR) is 96.6 cm³/mol. The number of aromatic nitrogens is 2. The van der Waals surface area contributed by atoms with Gasteiger partial charge in [-0.25, -0.2) is 0 Å². The van der Waals surface area contributed by atoms with Crippen molar-refractivity contribution in [2.75, 3.05) is 0 Å². The molecule has 0 saturated heterocycles. The van der Waals surface area contributed by atoms with Gasteiger partial charge in [0.05, 0.1) is 0 Å². The van der Waals surface area contributed by atoms with Crippen LogP contribution in [0, 0.1) is 6.92 Å². The van der Waals surface area contributed by atoms with Crippen LogP contribution in [0.3, 0.4) is 0 Å². The standard InChI is InChI=1S/C20H17ClN2/c1-14-18(17-6-2-3-7-19(17)22-14)13-15-12-16(21)8-9-20(15)23-10-4-5-11-23/h2-12,22H,13H2,1H3. The van der Waals surface area contributed by atoms with Crippen molar-refractivity contribution in [3.63, 3.8) is 0 Å². The summed E-state index contributed by atoms with van der Waals surface area (Å²) in [6.07, 6.45) is 4.98. The SMILES string of the molecule is Cc1[nH]c2ccccc2c1Cc1cc(Cl)ccc1-n1cccc1. The van der Waals surface area contributed by atoms with Crippen molar-refractivity contribution in [3.8, 4) is 5.69 Å². The monoisotopic (exact) mass is 320 g/mol. The number of nitrogens with zero attached hydrogens (tertiary/aromatic N) is 1. The molecule has 4 aromatic rings. The van der Waals surface area contributed by atoms with Crippen molar-refractivity contribution in [2.45, 2.75) is 13.3 Å². The van der Waals surface area contributed by atoms with E-state index in [1.54, 1.807) is 0 Å². The Morgan fingerprint density at radius 3 is 2.61 bits per heavy atom. The molecule has 0 bridgehead atoms. The molecule has 2 nitrogen and oxygen atoms in total. The molecule has 0 aliphatic carbocycles. The fourth-order valence-corrected chi connectivity index (χ4v) is 3.39. The first-order chi connectivity index (χ1) is 11.2. The van der Waals surface area contributed by atoms with Gasteiger partial charge >= 0.3 is 0 Å². The van der Waals surface area contributed by atoms with Gasteiger partial charge in [-0.15, -0.1) is 0 Å². The van der Waals surface area contributed by atoms with Crippen molar-refractivity contribution in [1.82, 2.24) is 9.55 Å². The van der Waals surface area contributed by atoms with Crippen LogP contribution in [0.5, 0.6) is 0 Å². The van der Waals surface area contributed by atoms with Crippen LogP contribution in [0.1, 0.15) is 16.8 Å². The molecule has 4 rings (SSSR count). The Bertz CT molecular complexity index is 965. The van der Waals surface area contributed by atoms with Crippen LogP contribution >= 0.6 is 11.6 Å². The third-order valence-corrected chi connectivity index (χ3v) is 4.55. The normalized spacial score (nSPS) is 11.2.